The van der Waals surface area contributed by atoms with Crippen molar-refractivity contribution in [3.05, 3.63) is 54.1 Å². The van der Waals surface area contributed by atoms with Crippen LogP contribution in [0.5, 0.6) is 0 Å². The molecule has 0 saturated carbocycles. The van der Waals surface area contributed by atoms with Gasteiger partial charge in [0.15, 0.2) is 6.23 Å². The zero-order valence-corrected chi connectivity index (χ0v) is 19.8. The van der Waals surface area contributed by atoms with E-state index < -0.39 is 42.4 Å². The smallest absolute Gasteiger partial charge is 0.338 e. The van der Waals surface area contributed by atoms with E-state index in [0.29, 0.717) is 11.4 Å². The molecule has 2 saturated heterocycles. The number of hydrogen-bond acceptors (Lipinski definition) is 10. The van der Waals surface area contributed by atoms with Crippen LogP contribution in [0.15, 0.2) is 58.8 Å². The fraction of sp³-hybridized carbons (Fsp3) is 0.375. The number of carbonyl (C=O) groups excluding carboxylic acids is 3. The maximum Gasteiger partial charge on any atom is 0.338 e. The van der Waals surface area contributed by atoms with Gasteiger partial charge in [-0.05, 0) is 48.5 Å². The van der Waals surface area contributed by atoms with Gasteiger partial charge in [0.2, 0.25) is 5.91 Å². The minimum absolute atomic E-state index is 0.0384. The summed E-state index contributed by atoms with van der Waals surface area (Å²) < 4.78 is 10.8. The first-order valence-corrected chi connectivity index (χ1v) is 11.3. The van der Waals surface area contributed by atoms with Crippen molar-refractivity contribution in [1.29, 1.82) is 0 Å². The lowest BCUT2D eigenvalue weighted by Crippen LogP contribution is -2.56. The molecule has 2 fully saturated rings. The van der Waals surface area contributed by atoms with Gasteiger partial charge < -0.3 is 24.6 Å². The van der Waals surface area contributed by atoms with Crippen molar-refractivity contribution in [2.75, 3.05) is 32.1 Å². The summed E-state index contributed by atoms with van der Waals surface area (Å²) >= 11 is 0. The molecule has 12 nitrogen and oxygen atoms in total. The molecule has 2 heterocycles. The quantitative estimate of drug-likeness (QED) is 0.386. The topological polar surface area (TPSA) is 153 Å². The molecule has 2 aliphatic heterocycles. The predicted molar refractivity (Wildman–Crippen MR) is 127 cm³/mol. The highest BCUT2D eigenvalue weighted by molar-refractivity contribution is 5.96. The Morgan fingerprint density at radius 2 is 1.67 bits per heavy atom. The van der Waals surface area contributed by atoms with Crippen molar-refractivity contribution in [2.45, 2.75) is 31.0 Å². The maximum absolute atomic E-state index is 12.4. The Bertz CT molecular complexity index is 1140. The lowest BCUT2D eigenvalue weighted by molar-refractivity contribution is -0.125. The molecule has 36 heavy (non-hydrogen) atoms. The van der Waals surface area contributed by atoms with Gasteiger partial charge in [-0.1, -0.05) is 0 Å². The Labute approximate surface area is 207 Å². The van der Waals surface area contributed by atoms with Crippen LogP contribution in [0.25, 0.3) is 0 Å². The number of rotatable bonds is 7. The number of amides is 3. The minimum atomic E-state index is -1.42. The number of aliphatic hydroxyl groups is 2. The summed E-state index contributed by atoms with van der Waals surface area (Å²) in [6.07, 6.45) is -4.97. The first kappa shape index (κ1) is 25.2. The third-order valence-electron chi connectivity index (χ3n) is 5.86. The van der Waals surface area contributed by atoms with Gasteiger partial charge in [0.05, 0.1) is 16.9 Å². The minimum Gasteiger partial charge on any atom is -0.459 e. The zero-order chi connectivity index (χ0) is 25.8. The molecule has 190 valence electrons. The van der Waals surface area contributed by atoms with E-state index in [2.05, 4.69) is 15.5 Å². The number of azo groups is 1. The van der Waals surface area contributed by atoms with E-state index in [1.165, 1.54) is 12.1 Å². The molecule has 0 aliphatic carbocycles. The Kier molecular flexibility index (Phi) is 7.58. The van der Waals surface area contributed by atoms with Gasteiger partial charge in [-0.25, -0.2) is 9.59 Å². The zero-order valence-electron chi connectivity index (χ0n) is 19.8. The molecule has 0 bridgehead atoms. The maximum atomic E-state index is 12.4. The van der Waals surface area contributed by atoms with Crippen LogP contribution in [0.1, 0.15) is 16.8 Å². The number of benzene rings is 2. The summed E-state index contributed by atoms with van der Waals surface area (Å²) in [4.78, 5) is 38.9. The van der Waals surface area contributed by atoms with Crippen molar-refractivity contribution in [3.8, 4) is 0 Å². The van der Waals surface area contributed by atoms with Gasteiger partial charge in [-0.15, -0.1) is 0 Å². The molecule has 2 aromatic carbocycles. The van der Waals surface area contributed by atoms with E-state index in [9.17, 15) is 24.6 Å². The molecule has 12 heteroatoms. The fourth-order valence-electron chi connectivity index (χ4n) is 3.78. The van der Waals surface area contributed by atoms with E-state index in [4.69, 9.17) is 9.47 Å². The number of nitrogens with zero attached hydrogens (tertiary/aromatic N) is 4. The lowest BCUT2D eigenvalue weighted by atomic mass is 10.1. The van der Waals surface area contributed by atoms with Crippen LogP contribution in [-0.4, -0.2) is 84.8 Å². The Balaban J connectivity index is 1.30. The van der Waals surface area contributed by atoms with Crippen LogP contribution in [0.2, 0.25) is 0 Å². The van der Waals surface area contributed by atoms with E-state index in [1.54, 1.807) is 12.1 Å². The van der Waals surface area contributed by atoms with Crippen molar-refractivity contribution in [1.82, 2.24) is 10.2 Å². The molecular weight excluding hydrogens is 470 g/mol. The molecule has 3 amide bonds. The van der Waals surface area contributed by atoms with Gasteiger partial charge in [-0.2, -0.15) is 10.2 Å². The SMILES string of the molecule is CN(C)c1ccc(N=Nc2ccc(C(=O)OC[C@@H]3OC(N4CCC(=O)NC4=O)C(O)[C@H]3O)cc2)cc1. The third-order valence-corrected chi connectivity index (χ3v) is 5.86. The second-order valence-electron chi connectivity index (χ2n) is 8.60. The van der Waals surface area contributed by atoms with Crippen LogP contribution in [0.4, 0.5) is 21.9 Å². The molecule has 0 spiro atoms. The number of ether oxygens (including phenoxy) is 2. The highest BCUT2D eigenvalue weighted by Crippen LogP contribution is 2.26. The molecule has 4 atom stereocenters. The predicted octanol–water partition coefficient (Wildman–Crippen LogP) is 1.71. The molecule has 2 aliphatic rings. The van der Waals surface area contributed by atoms with Crippen molar-refractivity contribution in [3.63, 3.8) is 0 Å². The highest BCUT2D eigenvalue weighted by Gasteiger charge is 2.48. The first-order chi connectivity index (χ1) is 17.2. The number of urea groups is 1. The average molecular weight is 498 g/mol. The Hall–Kier alpha value is -3.87. The molecular formula is C24H27N5O7. The summed E-state index contributed by atoms with van der Waals surface area (Å²) in [6, 6.07) is 13.1. The number of carbonyl (C=O) groups is 3. The van der Waals surface area contributed by atoms with E-state index in [-0.39, 0.29) is 25.1 Å². The standard InChI is InChI=1S/C24H27N5O7/c1-28(2)17-9-7-16(8-10-17)27-26-15-5-3-14(4-6-15)23(33)35-13-18-20(31)21(32)22(36-18)29-12-11-19(30)25-24(29)34/h3-10,18,20-22,31-32H,11-13H2,1-2H3,(H,25,30,34)/t18-,20-,21?,22?/m0/s1. The molecule has 2 aromatic rings. The molecule has 4 rings (SSSR count). The van der Waals surface area contributed by atoms with E-state index in [0.717, 1.165) is 10.6 Å². The van der Waals surface area contributed by atoms with E-state index >= 15 is 0 Å². The lowest BCUT2D eigenvalue weighted by Gasteiger charge is -2.32. The summed E-state index contributed by atoms with van der Waals surface area (Å²) in [5.41, 5.74) is 2.53. The van der Waals surface area contributed by atoms with Gasteiger partial charge >= 0.3 is 12.0 Å². The number of anilines is 1. The first-order valence-electron chi connectivity index (χ1n) is 11.3. The van der Waals surface area contributed by atoms with Crippen molar-refractivity contribution >= 4 is 35.0 Å². The van der Waals surface area contributed by atoms with Gasteiger partial charge in [0.25, 0.3) is 0 Å². The monoisotopic (exact) mass is 497 g/mol. The van der Waals surface area contributed by atoms with Crippen molar-refractivity contribution in [2.24, 2.45) is 10.2 Å². The summed E-state index contributed by atoms with van der Waals surface area (Å²) in [5.74, 6) is -1.09. The second-order valence-corrected chi connectivity index (χ2v) is 8.60. The summed E-state index contributed by atoms with van der Waals surface area (Å²) in [5, 5.41) is 31.1. The fourth-order valence-corrected chi connectivity index (χ4v) is 3.78. The number of aliphatic hydroxyl groups excluding tert-OH is 2. The molecule has 3 N–H and O–H groups in total. The van der Waals surface area contributed by atoms with Crippen LogP contribution >= 0.6 is 0 Å². The molecule has 0 radical (unpaired) electrons. The molecule has 0 aromatic heterocycles. The number of nitrogens with one attached hydrogen (secondary N) is 1. The van der Waals surface area contributed by atoms with Crippen LogP contribution < -0.4 is 10.2 Å². The van der Waals surface area contributed by atoms with Gasteiger partial charge in [0.1, 0.15) is 24.9 Å². The van der Waals surface area contributed by atoms with Crippen LogP contribution in [-0.2, 0) is 14.3 Å². The van der Waals surface area contributed by atoms with Gasteiger partial charge in [0, 0.05) is 32.7 Å². The van der Waals surface area contributed by atoms with Crippen LogP contribution in [0, 0.1) is 0 Å². The Morgan fingerprint density at radius 1 is 1.06 bits per heavy atom. The second kappa shape index (κ2) is 10.8. The molecule has 2 unspecified atom stereocenters. The van der Waals surface area contributed by atoms with Crippen LogP contribution in [0.3, 0.4) is 0 Å². The van der Waals surface area contributed by atoms with Crippen molar-refractivity contribution < 1.29 is 34.1 Å². The number of hydrogen-bond donors (Lipinski definition) is 3. The largest absolute Gasteiger partial charge is 0.459 e. The summed E-state index contributed by atoms with van der Waals surface area (Å²) in [7, 11) is 3.90. The van der Waals surface area contributed by atoms with Gasteiger partial charge in [-0.3, -0.25) is 15.0 Å². The summed E-state index contributed by atoms with van der Waals surface area (Å²) in [6.45, 7) is -0.303. The Morgan fingerprint density at radius 3 is 2.25 bits per heavy atom. The number of esters is 1. The van der Waals surface area contributed by atoms with E-state index in [1.807, 2.05) is 43.3 Å². The number of imide groups is 1. The average Bonchev–Trinajstić information content (AvgIpc) is 3.15. The normalized spacial score (nSPS) is 24.2. The third kappa shape index (κ3) is 5.67. The highest BCUT2D eigenvalue weighted by atomic mass is 16.6.